The molecule has 3 amide bonds. The number of urea groups is 1. The zero-order chi connectivity index (χ0) is 23.3. The van der Waals surface area contributed by atoms with Gasteiger partial charge in [-0.25, -0.2) is 9.59 Å². The number of carbonyl (C=O) groups is 3. The van der Waals surface area contributed by atoms with Crippen LogP contribution in [0.15, 0.2) is 34.4 Å². The molecule has 1 fully saturated rings. The summed E-state index contributed by atoms with van der Waals surface area (Å²) in [5, 5.41) is 2.55. The minimum absolute atomic E-state index is 0.0181. The summed E-state index contributed by atoms with van der Waals surface area (Å²) in [6, 6.07) is 5.78. The number of ether oxygens (including phenoxy) is 3. The highest BCUT2D eigenvalue weighted by Crippen LogP contribution is 2.35. The van der Waals surface area contributed by atoms with E-state index in [9.17, 15) is 14.4 Å². The average Bonchev–Trinajstić information content (AvgIpc) is 3.33. The molecule has 0 unspecified atom stereocenters. The predicted octanol–water partition coefficient (Wildman–Crippen LogP) is 3.17. The summed E-state index contributed by atoms with van der Waals surface area (Å²) in [5.41, 5.74) is 0.715. The Kier molecular flexibility index (Phi) is 7.42. The standard InChI is InChI=1S/C22H19IN2O7/c1-4-8-31-19-15(23)9-13(11-18(19)30-5-2)10-16-20(26)25(22(28)24-16)12-14-6-7-17(32-14)21(27)29-3/h1,6-7,9-11H,5,8,12H2,2-3H3,(H,24,28)/b16-10-. The van der Waals surface area contributed by atoms with Crippen LogP contribution in [0.4, 0.5) is 4.79 Å². The van der Waals surface area contributed by atoms with Crippen LogP contribution in [0, 0.1) is 15.9 Å². The number of furan rings is 1. The molecule has 166 valence electrons. The predicted molar refractivity (Wildman–Crippen MR) is 122 cm³/mol. The molecule has 1 aliphatic heterocycles. The van der Waals surface area contributed by atoms with Gasteiger partial charge in [0.15, 0.2) is 11.5 Å². The number of hydrogen-bond donors (Lipinski definition) is 1. The topological polar surface area (TPSA) is 107 Å². The van der Waals surface area contributed by atoms with Crippen LogP contribution in [-0.4, -0.2) is 43.1 Å². The van der Waals surface area contributed by atoms with Crippen molar-refractivity contribution in [1.29, 1.82) is 0 Å². The van der Waals surface area contributed by atoms with Crippen LogP contribution in [0.5, 0.6) is 11.5 Å². The molecule has 10 heteroatoms. The minimum Gasteiger partial charge on any atom is -0.490 e. The second-order valence-electron chi connectivity index (χ2n) is 6.39. The number of nitrogens with zero attached hydrogens (tertiary/aromatic N) is 1. The molecule has 2 aromatic rings. The van der Waals surface area contributed by atoms with Gasteiger partial charge in [-0.3, -0.25) is 9.69 Å². The Morgan fingerprint density at radius 3 is 2.78 bits per heavy atom. The molecular formula is C22H19IN2O7. The molecule has 2 heterocycles. The Bertz CT molecular complexity index is 1130. The highest BCUT2D eigenvalue weighted by atomic mass is 127. The molecule has 32 heavy (non-hydrogen) atoms. The number of methoxy groups -OCH3 is 1. The van der Waals surface area contributed by atoms with Gasteiger partial charge < -0.3 is 23.9 Å². The maximum absolute atomic E-state index is 12.8. The van der Waals surface area contributed by atoms with Gasteiger partial charge in [-0.2, -0.15) is 0 Å². The molecule has 3 rings (SSSR count). The number of esters is 1. The smallest absolute Gasteiger partial charge is 0.373 e. The van der Waals surface area contributed by atoms with Gasteiger partial charge in [0.05, 0.1) is 23.8 Å². The lowest BCUT2D eigenvalue weighted by atomic mass is 10.1. The van der Waals surface area contributed by atoms with Crippen molar-refractivity contribution in [2.24, 2.45) is 0 Å². The first-order valence-corrected chi connectivity index (χ1v) is 10.5. The second-order valence-corrected chi connectivity index (χ2v) is 7.55. The quantitative estimate of drug-likeness (QED) is 0.177. The number of hydrogen-bond acceptors (Lipinski definition) is 7. The average molecular weight is 550 g/mol. The van der Waals surface area contributed by atoms with Gasteiger partial charge in [0.1, 0.15) is 18.1 Å². The first-order chi connectivity index (χ1) is 15.4. The van der Waals surface area contributed by atoms with Crippen molar-refractivity contribution in [1.82, 2.24) is 10.2 Å². The van der Waals surface area contributed by atoms with Gasteiger partial charge >= 0.3 is 12.0 Å². The number of carbonyl (C=O) groups excluding carboxylic acids is 3. The summed E-state index contributed by atoms with van der Waals surface area (Å²) in [6.45, 7) is 2.19. The van der Waals surface area contributed by atoms with E-state index in [1.165, 1.54) is 25.3 Å². The highest BCUT2D eigenvalue weighted by molar-refractivity contribution is 14.1. The van der Waals surface area contributed by atoms with Gasteiger partial charge in [-0.1, -0.05) is 5.92 Å². The monoisotopic (exact) mass is 550 g/mol. The molecule has 0 aliphatic carbocycles. The van der Waals surface area contributed by atoms with Crippen molar-refractivity contribution < 1.29 is 33.0 Å². The zero-order valence-electron chi connectivity index (χ0n) is 17.3. The van der Waals surface area contributed by atoms with Gasteiger partial charge in [0.2, 0.25) is 5.76 Å². The van der Waals surface area contributed by atoms with E-state index in [2.05, 4.69) is 38.6 Å². The van der Waals surface area contributed by atoms with E-state index in [-0.39, 0.29) is 30.4 Å². The summed E-state index contributed by atoms with van der Waals surface area (Å²) < 4.78 is 21.9. The lowest BCUT2D eigenvalue weighted by Crippen LogP contribution is -2.30. The van der Waals surface area contributed by atoms with E-state index in [4.69, 9.17) is 20.3 Å². The Labute approximate surface area is 197 Å². The number of imide groups is 1. The van der Waals surface area contributed by atoms with E-state index in [0.29, 0.717) is 23.7 Å². The number of halogens is 1. The Morgan fingerprint density at radius 2 is 2.09 bits per heavy atom. The Balaban J connectivity index is 1.83. The molecule has 0 bridgehead atoms. The van der Waals surface area contributed by atoms with Crippen molar-refractivity contribution in [2.45, 2.75) is 13.5 Å². The molecular weight excluding hydrogens is 531 g/mol. The molecule has 0 radical (unpaired) electrons. The third kappa shape index (κ3) is 5.05. The molecule has 9 nitrogen and oxygen atoms in total. The van der Waals surface area contributed by atoms with Crippen LogP contribution < -0.4 is 14.8 Å². The van der Waals surface area contributed by atoms with Gasteiger partial charge in [0.25, 0.3) is 5.91 Å². The van der Waals surface area contributed by atoms with Crippen LogP contribution in [0.1, 0.15) is 28.8 Å². The summed E-state index contributed by atoms with van der Waals surface area (Å²) in [6.07, 6.45) is 6.81. The fourth-order valence-corrected chi connectivity index (χ4v) is 3.68. The number of nitrogens with one attached hydrogen (secondary N) is 1. The molecule has 1 aromatic carbocycles. The van der Waals surface area contributed by atoms with Crippen molar-refractivity contribution >= 4 is 46.6 Å². The van der Waals surface area contributed by atoms with Crippen molar-refractivity contribution in [2.75, 3.05) is 20.3 Å². The second kappa shape index (κ2) is 10.2. The fourth-order valence-electron chi connectivity index (χ4n) is 2.90. The number of rotatable bonds is 8. The van der Waals surface area contributed by atoms with E-state index >= 15 is 0 Å². The lowest BCUT2D eigenvalue weighted by molar-refractivity contribution is -0.123. The van der Waals surface area contributed by atoms with E-state index in [1.54, 1.807) is 12.1 Å². The van der Waals surface area contributed by atoms with Crippen LogP contribution in [0.3, 0.4) is 0 Å². The largest absolute Gasteiger partial charge is 0.490 e. The third-order valence-electron chi connectivity index (χ3n) is 4.27. The first-order valence-electron chi connectivity index (χ1n) is 9.42. The number of terminal acetylenes is 1. The minimum atomic E-state index is -0.650. The molecule has 0 saturated carbocycles. The van der Waals surface area contributed by atoms with Gasteiger partial charge in [0, 0.05) is 0 Å². The molecule has 1 N–H and O–H groups in total. The molecule has 1 aromatic heterocycles. The van der Waals surface area contributed by atoms with Crippen molar-refractivity contribution in [3.63, 3.8) is 0 Å². The van der Waals surface area contributed by atoms with Crippen LogP contribution in [0.25, 0.3) is 6.08 Å². The van der Waals surface area contributed by atoms with Crippen LogP contribution in [-0.2, 0) is 16.1 Å². The van der Waals surface area contributed by atoms with Crippen molar-refractivity contribution in [3.05, 3.63) is 50.6 Å². The summed E-state index contributed by atoms with van der Waals surface area (Å²) in [4.78, 5) is 37.6. The SMILES string of the molecule is C#CCOc1c(I)cc(/C=C2\NC(=O)N(Cc3ccc(C(=O)OC)o3)C2=O)cc1OCC. The molecule has 0 spiro atoms. The normalized spacial score (nSPS) is 14.3. The summed E-state index contributed by atoms with van der Waals surface area (Å²) >= 11 is 2.08. The summed E-state index contributed by atoms with van der Waals surface area (Å²) in [7, 11) is 1.23. The Morgan fingerprint density at radius 1 is 1.31 bits per heavy atom. The van der Waals surface area contributed by atoms with Crippen LogP contribution in [0.2, 0.25) is 0 Å². The molecule has 1 saturated heterocycles. The molecule has 1 aliphatic rings. The third-order valence-corrected chi connectivity index (χ3v) is 5.07. The fraction of sp³-hybridized carbons (Fsp3) is 0.227. The van der Waals surface area contributed by atoms with E-state index in [0.717, 1.165) is 8.47 Å². The van der Waals surface area contributed by atoms with Crippen molar-refractivity contribution in [3.8, 4) is 23.8 Å². The maximum Gasteiger partial charge on any atom is 0.373 e. The van der Waals surface area contributed by atoms with Gasteiger partial charge in [-0.05, 0) is 65.4 Å². The lowest BCUT2D eigenvalue weighted by Gasteiger charge is -2.13. The number of benzene rings is 1. The van der Waals surface area contributed by atoms with Gasteiger partial charge in [-0.15, -0.1) is 6.42 Å². The zero-order valence-corrected chi connectivity index (χ0v) is 19.4. The number of amides is 3. The van der Waals surface area contributed by atoms with E-state index < -0.39 is 17.9 Å². The maximum atomic E-state index is 12.8. The van der Waals surface area contributed by atoms with Crippen LogP contribution >= 0.6 is 22.6 Å². The Hall–Kier alpha value is -3.46. The summed E-state index contributed by atoms with van der Waals surface area (Å²) in [5.74, 6) is 2.45. The highest BCUT2D eigenvalue weighted by Gasteiger charge is 2.34. The molecule has 0 atom stereocenters. The first kappa shape index (κ1) is 23.2. The van der Waals surface area contributed by atoms with E-state index in [1.807, 2.05) is 6.92 Å².